The van der Waals surface area contributed by atoms with Crippen LogP contribution in [0, 0.1) is 41.4 Å². The van der Waals surface area contributed by atoms with E-state index in [0.29, 0.717) is 30.0 Å². The van der Waals surface area contributed by atoms with Crippen molar-refractivity contribution in [2.45, 2.75) is 161 Å². The Kier molecular flexibility index (Phi) is 10.4. The zero-order valence-corrected chi connectivity index (χ0v) is 31.6. The third-order valence-electron chi connectivity index (χ3n) is 12.8. The van der Waals surface area contributed by atoms with E-state index in [4.69, 9.17) is 13.6 Å². The van der Waals surface area contributed by atoms with Gasteiger partial charge in [0.1, 0.15) is 11.9 Å². The number of esters is 1. The van der Waals surface area contributed by atoms with Gasteiger partial charge in [-0.3, -0.25) is 9.59 Å². The molecule has 10 atom stereocenters. The fraction of sp³-hybridized carbons (Fsp3) is 0.889. The molecule has 0 unspecified atom stereocenters. The Morgan fingerprint density at radius 1 is 0.837 bits per heavy atom. The first-order valence-corrected chi connectivity index (χ1v) is 23.3. The van der Waals surface area contributed by atoms with Crippen molar-refractivity contribution in [1.82, 2.24) is 0 Å². The summed E-state index contributed by atoms with van der Waals surface area (Å²) in [5, 5.41) is 0.270. The van der Waals surface area contributed by atoms with Gasteiger partial charge in [0.05, 0.1) is 6.10 Å². The van der Waals surface area contributed by atoms with Crippen molar-refractivity contribution in [3.05, 3.63) is 12.2 Å². The molecular weight excluding hydrogens is 569 g/mol. The zero-order valence-electron chi connectivity index (χ0n) is 29.6. The van der Waals surface area contributed by atoms with E-state index in [0.717, 1.165) is 44.9 Å². The summed E-state index contributed by atoms with van der Waals surface area (Å²) in [5.41, 5.74) is 0. The molecule has 1 aliphatic heterocycles. The normalized spacial score (nSPS) is 38.0. The van der Waals surface area contributed by atoms with Crippen molar-refractivity contribution in [2.24, 2.45) is 41.4 Å². The van der Waals surface area contributed by atoms with Crippen LogP contribution in [0.25, 0.3) is 0 Å². The Balaban J connectivity index is 1.61. The highest BCUT2D eigenvalue weighted by molar-refractivity contribution is 6.74. The lowest BCUT2D eigenvalue weighted by Gasteiger charge is -2.41. The van der Waals surface area contributed by atoms with Gasteiger partial charge in [-0.25, -0.2) is 0 Å². The number of ketones is 1. The number of hydrogen-bond donors (Lipinski definition) is 0. The molecule has 1 heterocycles. The largest absolute Gasteiger partial charge is 0.462 e. The number of rotatable bonds is 5. The SMILES string of the molecule is CC[C@H]1CCC[C@@H](O[Si](C)(C)C(C)(C)C)[C@@H](C)C(=O)[C@H]2C[C@@H]3[C@@H](C=C[C@@H]4C[C@@H](O[Si](C)(C)C(C)(C)C)C[C@@H]34)[C@@H]2CC(=O)O1. The molecule has 0 radical (unpaired) electrons. The van der Waals surface area contributed by atoms with Crippen molar-refractivity contribution in [2.75, 3.05) is 0 Å². The van der Waals surface area contributed by atoms with Crippen LogP contribution in [0.3, 0.4) is 0 Å². The van der Waals surface area contributed by atoms with E-state index >= 15 is 0 Å². The van der Waals surface area contributed by atoms with Crippen molar-refractivity contribution in [3.63, 3.8) is 0 Å². The number of Topliss-reactive ketones (excluding diaryl/α,β-unsaturated/α-hetero) is 1. The predicted octanol–water partition coefficient (Wildman–Crippen LogP) is 9.33. The van der Waals surface area contributed by atoms with Crippen molar-refractivity contribution >= 4 is 28.4 Å². The topological polar surface area (TPSA) is 61.8 Å². The molecule has 0 N–H and O–H groups in total. The number of carbonyl (C=O) groups is 2. The molecule has 4 aliphatic rings. The molecule has 43 heavy (non-hydrogen) atoms. The molecule has 0 aromatic heterocycles. The minimum Gasteiger partial charge on any atom is -0.462 e. The fourth-order valence-electron chi connectivity index (χ4n) is 8.10. The molecule has 0 amide bonds. The minimum absolute atomic E-state index is 0.00969. The van der Waals surface area contributed by atoms with E-state index in [2.05, 4.69) is 93.7 Å². The molecule has 0 bridgehead atoms. The number of fused-ring (bicyclic) bond motifs is 5. The van der Waals surface area contributed by atoms with Gasteiger partial charge >= 0.3 is 5.97 Å². The third-order valence-corrected chi connectivity index (χ3v) is 21.9. The Bertz CT molecular complexity index is 1040. The second-order valence-corrected chi connectivity index (χ2v) is 27.2. The van der Waals surface area contributed by atoms with Gasteiger partial charge in [-0.15, -0.1) is 0 Å². The van der Waals surface area contributed by atoms with Crippen LogP contribution in [0.1, 0.15) is 107 Å². The van der Waals surface area contributed by atoms with E-state index in [-0.39, 0.29) is 58.0 Å². The van der Waals surface area contributed by atoms with Gasteiger partial charge in [-0.2, -0.15) is 0 Å². The van der Waals surface area contributed by atoms with E-state index in [1.807, 2.05) is 0 Å². The number of cyclic esters (lactones) is 1. The number of allylic oxidation sites excluding steroid dienone is 2. The summed E-state index contributed by atoms with van der Waals surface area (Å²) in [5.74, 6) is 1.64. The summed E-state index contributed by atoms with van der Waals surface area (Å²) in [6.45, 7) is 27.3. The number of hydrogen-bond acceptors (Lipinski definition) is 5. The Hall–Kier alpha value is -0.766. The highest BCUT2D eigenvalue weighted by Crippen LogP contribution is 2.57. The fourth-order valence-corrected chi connectivity index (χ4v) is 10.9. The van der Waals surface area contributed by atoms with Crippen molar-refractivity contribution < 1.29 is 23.2 Å². The second-order valence-electron chi connectivity index (χ2n) is 17.7. The van der Waals surface area contributed by atoms with E-state index < -0.39 is 16.6 Å². The first-order valence-electron chi connectivity index (χ1n) is 17.5. The summed E-state index contributed by atoms with van der Waals surface area (Å²) in [7, 11) is -3.94. The van der Waals surface area contributed by atoms with E-state index in [1.54, 1.807) is 0 Å². The molecule has 3 fully saturated rings. The predicted molar refractivity (Wildman–Crippen MR) is 181 cm³/mol. The maximum atomic E-state index is 14.6. The summed E-state index contributed by atoms with van der Waals surface area (Å²) in [6, 6.07) is 0. The second kappa shape index (κ2) is 12.8. The van der Waals surface area contributed by atoms with Crippen molar-refractivity contribution in [1.29, 1.82) is 0 Å². The highest BCUT2D eigenvalue weighted by Gasteiger charge is 2.55. The standard InChI is InChI=1S/C36H64O5Si2/c1-13-25-15-14-16-32(41-43(11,12)36(6,7)8)23(2)34(38)31-21-29-27(30(31)22-33(37)39-25)18-17-24-19-26(20-28(24)29)40-42(9,10)35(3,4)5/h17-18,23-32H,13-16,19-22H2,1-12H3/t23-,24-,25+,26-,27-,28-,29-,30+,31+,32-/m1/s1. The molecule has 7 heteroatoms. The van der Waals surface area contributed by atoms with Crippen LogP contribution in [-0.4, -0.2) is 46.7 Å². The summed E-state index contributed by atoms with van der Waals surface area (Å²) < 4.78 is 20.1. The van der Waals surface area contributed by atoms with Crippen LogP contribution in [0.5, 0.6) is 0 Å². The van der Waals surface area contributed by atoms with Crippen LogP contribution in [0.4, 0.5) is 0 Å². The first kappa shape index (κ1) is 35.1. The van der Waals surface area contributed by atoms with Gasteiger partial charge in [-0.1, -0.05) is 67.5 Å². The maximum Gasteiger partial charge on any atom is 0.306 e. The maximum absolute atomic E-state index is 14.6. The number of ether oxygens (including phenoxy) is 1. The Morgan fingerprint density at radius 3 is 2.07 bits per heavy atom. The third kappa shape index (κ3) is 7.46. The molecular formula is C36H64O5Si2. The summed E-state index contributed by atoms with van der Waals surface area (Å²) in [4.78, 5) is 27.9. The average Bonchev–Trinajstić information content (AvgIpc) is 3.45. The van der Waals surface area contributed by atoms with Crippen LogP contribution in [-0.2, 0) is 23.2 Å². The summed E-state index contributed by atoms with van der Waals surface area (Å²) in [6.07, 6.45) is 11.8. The van der Waals surface area contributed by atoms with Gasteiger partial charge in [0, 0.05) is 24.4 Å². The lowest BCUT2D eigenvalue weighted by Crippen LogP contribution is -2.47. The lowest BCUT2D eigenvalue weighted by molar-refractivity contribution is -0.152. The molecule has 3 aliphatic carbocycles. The van der Waals surface area contributed by atoms with Crippen LogP contribution in [0.15, 0.2) is 12.2 Å². The van der Waals surface area contributed by atoms with E-state index in [1.165, 1.54) is 0 Å². The van der Waals surface area contributed by atoms with Crippen LogP contribution < -0.4 is 0 Å². The molecule has 2 saturated carbocycles. The van der Waals surface area contributed by atoms with Gasteiger partial charge in [-0.05, 0) is 111 Å². The van der Waals surface area contributed by atoms with Crippen molar-refractivity contribution in [3.8, 4) is 0 Å². The molecule has 5 nitrogen and oxygen atoms in total. The average molecular weight is 633 g/mol. The smallest absolute Gasteiger partial charge is 0.306 e. The monoisotopic (exact) mass is 632 g/mol. The molecule has 0 aromatic carbocycles. The molecule has 0 spiro atoms. The first-order chi connectivity index (χ1) is 19.8. The molecule has 246 valence electrons. The van der Waals surface area contributed by atoms with Gasteiger partial charge in [0.2, 0.25) is 0 Å². The van der Waals surface area contributed by atoms with Crippen LogP contribution >= 0.6 is 0 Å². The van der Waals surface area contributed by atoms with Gasteiger partial charge < -0.3 is 13.6 Å². The Labute approximate surface area is 265 Å². The highest BCUT2D eigenvalue weighted by atomic mass is 28.4. The molecule has 0 aromatic rings. The quantitative estimate of drug-likeness (QED) is 0.172. The van der Waals surface area contributed by atoms with Gasteiger partial charge in [0.25, 0.3) is 0 Å². The lowest BCUT2D eigenvalue weighted by atomic mass is 9.71. The van der Waals surface area contributed by atoms with E-state index in [9.17, 15) is 9.59 Å². The van der Waals surface area contributed by atoms with Gasteiger partial charge in [0.15, 0.2) is 16.6 Å². The Morgan fingerprint density at radius 2 is 1.47 bits per heavy atom. The molecule has 1 saturated heterocycles. The van der Waals surface area contributed by atoms with Crippen LogP contribution in [0.2, 0.25) is 36.3 Å². The number of carbonyl (C=O) groups excluding carboxylic acids is 2. The molecule has 4 rings (SSSR count). The summed E-state index contributed by atoms with van der Waals surface area (Å²) >= 11 is 0. The zero-order chi connectivity index (χ0) is 32.1. The minimum atomic E-state index is -2.07.